The number of carbonyl (C=O) groups excluding carboxylic acids is 2. The van der Waals surface area contributed by atoms with E-state index in [9.17, 15) is 9.59 Å². The fourth-order valence-corrected chi connectivity index (χ4v) is 2.66. The van der Waals surface area contributed by atoms with Crippen molar-refractivity contribution in [3.8, 4) is 0 Å². The fourth-order valence-electron chi connectivity index (χ4n) is 2.66. The summed E-state index contributed by atoms with van der Waals surface area (Å²) in [6.45, 7) is 4.26. The zero-order chi connectivity index (χ0) is 17.1. The molecule has 0 radical (unpaired) electrons. The Hall–Kier alpha value is -2.83. The van der Waals surface area contributed by atoms with Gasteiger partial charge in [0.1, 0.15) is 11.8 Å². The van der Waals surface area contributed by atoms with Gasteiger partial charge in [-0.3, -0.25) is 9.59 Å². The van der Waals surface area contributed by atoms with Crippen LogP contribution in [0.5, 0.6) is 0 Å². The molecule has 2 aromatic rings. The summed E-state index contributed by atoms with van der Waals surface area (Å²) >= 11 is 0. The highest BCUT2D eigenvalue weighted by Crippen LogP contribution is 2.24. The SMILES string of the molecule is Cc1cc(NC(=O)[C@H](C)Nc2cccc(N3CCCC3=O)c2)no1. The summed E-state index contributed by atoms with van der Waals surface area (Å²) in [5.41, 5.74) is 1.63. The molecule has 0 saturated carbocycles. The highest BCUT2D eigenvalue weighted by molar-refractivity contribution is 5.97. The number of aromatic nitrogens is 1. The van der Waals surface area contributed by atoms with Gasteiger partial charge in [-0.1, -0.05) is 11.2 Å². The summed E-state index contributed by atoms with van der Waals surface area (Å²) in [6, 6.07) is 8.71. The van der Waals surface area contributed by atoms with Crippen molar-refractivity contribution in [1.82, 2.24) is 5.16 Å². The molecule has 2 amide bonds. The van der Waals surface area contributed by atoms with Gasteiger partial charge in [0.05, 0.1) is 0 Å². The van der Waals surface area contributed by atoms with Gasteiger partial charge in [-0.05, 0) is 38.5 Å². The van der Waals surface area contributed by atoms with Crippen molar-refractivity contribution in [2.24, 2.45) is 0 Å². The largest absolute Gasteiger partial charge is 0.374 e. The average Bonchev–Trinajstić information content (AvgIpc) is 3.16. The first kappa shape index (κ1) is 16.0. The Bertz CT molecular complexity index is 756. The van der Waals surface area contributed by atoms with Crippen LogP contribution < -0.4 is 15.5 Å². The molecule has 1 aromatic heterocycles. The second-order valence-electron chi connectivity index (χ2n) is 5.88. The topological polar surface area (TPSA) is 87.5 Å². The molecule has 2 heterocycles. The van der Waals surface area contributed by atoms with Crippen molar-refractivity contribution in [3.63, 3.8) is 0 Å². The van der Waals surface area contributed by atoms with Gasteiger partial charge >= 0.3 is 0 Å². The number of hydrogen-bond donors (Lipinski definition) is 2. The first-order valence-corrected chi connectivity index (χ1v) is 7.94. The maximum absolute atomic E-state index is 12.2. The normalized spacial score (nSPS) is 15.4. The molecule has 1 aliphatic heterocycles. The first-order chi connectivity index (χ1) is 11.5. The highest BCUT2D eigenvalue weighted by Gasteiger charge is 2.22. The molecule has 1 aliphatic rings. The van der Waals surface area contributed by atoms with Gasteiger partial charge in [0.25, 0.3) is 0 Å². The lowest BCUT2D eigenvalue weighted by Gasteiger charge is -2.19. The first-order valence-electron chi connectivity index (χ1n) is 7.94. The smallest absolute Gasteiger partial charge is 0.247 e. The molecule has 24 heavy (non-hydrogen) atoms. The van der Waals surface area contributed by atoms with Crippen LogP contribution in [0.2, 0.25) is 0 Å². The van der Waals surface area contributed by atoms with Crippen LogP contribution in [0, 0.1) is 6.92 Å². The molecule has 7 heteroatoms. The Morgan fingerprint density at radius 2 is 2.21 bits per heavy atom. The predicted octanol–water partition coefficient (Wildman–Crippen LogP) is 2.55. The number of amides is 2. The molecule has 0 unspecified atom stereocenters. The van der Waals surface area contributed by atoms with E-state index in [0.29, 0.717) is 18.0 Å². The molecule has 0 spiro atoms. The van der Waals surface area contributed by atoms with E-state index in [1.807, 2.05) is 24.3 Å². The maximum Gasteiger partial charge on any atom is 0.247 e. The molecule has 1 fully saturated rings. The van der Waals surface area contributed by atoms with Gasteiger partial charge in [0.15, 0.2) is 5.82 Å². The van der Waals surface area contributed by atoms with E-state index < -0.39 is 6.04 Å². The van der Waals surface area contributed by atoms with E-state index in [1.54, 1.807) is 24.8 Å². The van der Waals surface area contributed by atoms with Gasteiger partial charge < -0.3 is 20.1 Å². The number of rotatable bonds is 5. The number of hydrogen-bond acceptors (Lipinski definition) is 5. The Kier molecular flexibility index (Phi) is 4.50. The summed E-state index contributed by atoms with van der Waals surface area (Å²) in [5, 5.41) is 9.57. The quantitative estimate of drug-likeness (QED) is 0.881. The molecule has 3 rings (SSSR count). The molecule has 0 aliphatic carbocycles. The number of anilines is 3. The van der Waals surface area contributed by atoms with E-state index in [1.165, 1.54) is 0 Å². The molecule has 1 saturated heterocycles. The Labute approximate surface area is 140 Å². The summed E-state index contributed by atoms with van der Waals surface area (Å²) in [6.07, 6.45) is 1.47. The van der Waals surface area contributed by atoms with Crippen LogP contribution in [0.3, 0.4) is 0 Å². The summed E-state index contributed by atoms with van der Waals surface area (Å²) in [7, 11) is 0. The molecule has 1 aromatic carbocycles. The Balaban J connectivity index is 1.64. The lowest BCUT2D eigenvalue weighted by molar-refractivity contribution is -0.117. The minimum Gasteiger partial charge on any atom is -0.374 e. The summed E-state index contributed by atoms with van der Waals surface area (Å²) in [4.78, 5) is 25.8. The van der Waals surface area contributed by atoms with Crippen LogP contribution in [0.1, 0.15) is 25.5 Å². The van der Waals surface area contributed by atoms with Gasteiger partial charge in [-0.2, -0.15) is 0 Å². The third-order valence-electron chi connectivity index (χ3n) is 3.89. The highest BCUT2D eigenvalue weighted by atomic mass is 16.5. The molecule has 1 atom stereocenters. The number of nitrogens with zero attached hydrogens (tertiary/aromatic N) is 2. The van der Waals surface area contributed by atoms with Crippen molar-refractivity contribution in [3.05, 3.63) is 36.1 Å². The molecular weight excluding hydrogens is 308 g/mol. The third kappa shape index (κ3) is 3.56. The van der Waals surface area contributed by atoms with E-state index >= 15 is 0 Å². The summed E-state index contributed by atoms with van der Waals surface area (Å²) < 4.78 is 4.92. The average molecular weight is 328 g/mol. The number of nitrogens with one attached hydrogen (secondary N) is 2. The minimum absolute atomic E-state index is 0.138. The van der Waals surface area contributed by atoms with Crippen molar-refractivity contribution >= 4 is 29.0 Å². The fraction of sp³-hybridized carbons (Fsp3) is 0.353. The zero-order valence-electron chi connectivity index (χ0n) is 13.7. The van der Waals surface area contributed by atoms with Crippen LogP contribution >= 0.6 is 0 Å². The van der Waals surface area contributed by atoms with Crippen LogP contribution in [0.15, 0.2) is 34.9 Å². The maximum atomic E-state index is 12.2. The lowest BCUT2D eigenvalue weighted by Crippen LogP contribution is -2.32. The standard InChI is InChI=1S/C17H20N4O3/c1-11-9-15(20-24-11)19-17(23)12(2)18-13-5-3-6-14(10-13)21-8-4-7-16(21)22/h3,5-6,9-10,12,18H,4,7-8H2,1-2H3,(H,19,20,23)/t12-/m0/s1. The van der Waals surface area contributed by atoms with Crippen molar-refractivity contribution in [1.29, 1.82) is 0 Å². The predicted molar refractivity (Wildman–Crippen MR) is 91.0 cm³/mol. The molecule has 0 bridgehead atoms. The van der Waals surface area contributed by atoms with E-state index in [2.05, 4.69) is 15.8 Å². The Morgan fingerprint density at radius 3 is 2.88 bits per heavy atom. The summed E-state index contributed by atoms with van der Waals surface area (Å²) in [5.74, 6) is 0.946. The Morgan fingerprint density at radius 1 is 1.38 bits per heavy atom. The van der Waals surface area contributed by atoms with E-state index in [-0.39, 0.29) is 11.8 Å². The molecule has 7 nitrogen and oxygen atoms in total. The van der Waals surface area contributed by atoms with Crippen molar-refractivity contribution in [2.75, 3.05) is 22.1 Å². The number of carbonyl (C=O) groups is 2. The van der Waals surface area contributed by atoms with Crippen LogP contribution in [-0.2, 0) is 9.59 Å². The van der Waals surface area contributed by atoms with Crippen LogP contribution in [-0.4, -0.2) is 29.6 Å². The monoisotopic (exact) mass is 328 g/mol. The van der Waals surface area contributed by atoms with Gasteiger partial charge in [-0.15, -0.1) is 0 Å². The van der Waals surface area contributed by atoms with Gasteiger partial charge in [0.2, 0.25) is 11.8 Å². The number of aryl methyl sites for hydroxylation is 1. The van der Waals surface area contributed by atoms with Gasteiger partial charge in [-0.25, -0.2) is 0 Å². The van der Waals surface area contributed by atoms with E-state index in [0.717, 1.165) is 24.3 Å². The van der Waals surface area contributed by atoms with Crippen molar-refractivity contribution < 1.29 is 14.1 Å². The second kappa shape index (κ2) is 6.74. The third-order valence-corrected chi connectivity index (χ3v) is 3.89. The second-order valence-corrected chi connectivity index (χ2v) is 5.88. The molecule has 2 N–H and O–H groups in total. The molecular formula is C17H20N4O3. The lowest BCUT2D eigenvalue weighted by atomic mass is 10.2. The van der Waals surface area contributed by atoms with E-state index in [4.69, 9.17) is 4.52 Å². The van der Waals surface area contributed by atoms with Gasteiger partial charge in [0, 0.05) is 30.4 Å². The van der Waals surface area contributed by atoms with Crippen LogP contribution in [0.4, 0.5) is 17.2 Å². The van der Waals surface area contributed by atoms with Crippen LogP contribution in [0.25, 0.3) is 0 Å². The zero-order valence-corrected chi connectivity index (χ0v) is 13.7. The number of benzene rings is 1. The minimum atomic E-state index is -0.466. The van der Waals surface area contributed by atoms with Crippen molar-refractivity contribution in [2.45, 2.75) is 32.7 Å². The molecule has 126 valence electrons.